The third-order valence-electron chi connectivity index (χ3n) is 3.30. The SMILES string of the molecule is O=C1C(=O)N(Cc2ccccc2Br)c2cc(F)c(Cl)cc21. The van der Waals surface area contributed by atoms with Crippen LogP contribution < -0.4 is 4.90 Å². The highest BCUT2D eigenvalue weighted by Crippen LogP contribution is 2.34. The molecule has 1 amide bonds. The molecule has 1 aliphatic rings. The summed E-state index contributed by atoms with van der Waals surface area (Å²) in [4.78, 5) is 25.3. The lowest BCUT2D eigenvalue weighted by atomic mass is 10.1. The van der Waals surface area contributed by atoms with Crippen LogP contribution in [0.1, 0.15) is 15.9 Å². The molecule has 0 atom stereocenters. The second-order valence-corrected chi connectivity index (χ2v) is 5.86. The van der Waals surface area contributed by atoms with E-state index in [-0.39, 0.29) is 22.8 Å². The fourth-order valence-corrected chi connectivity index (χ4v) is 2.82. The summed E-state index contributed by atoms with van der Waals surface area (Å²) in [6.45, 7) is 0.181. The number of carbonyl (C=O) groups is 2. The quantitative estimate of drug-likeness (QED) is 0.752. The molecule has 21 heavy (non-hydrogen) atoms. The molecule has 0 bridgehead atoms. The Morgan fingerprint density at radius 3 is 2.62 bits per heavy atom. The zero-order valence-corrected chi connectivity index (χ0v) is 12.9. The number of hydrogen-bond acceptors (Lipinski definition) is 2. The number of halogens is 3. The first-order chi connectivity index (χ1) is 9.99. The number of benzene rings is 2. The Bertz CT molecular complexity index is 778. The van der Waals surface area contributed by atoms with E-state index >= 15 is 0 Å². The number of ketones is 1. The topological polar surface area (TPSA) is 37.4 Å². The molecule has 0 saturated heterocycles. The molecule has 0 unspecified atom stereocenters. The molecule has 1 aliphatic heterocycles. The van der Waals surface area contributed by atoms with Gasteiger partial charge in [0, 0.05) is 4.47 Å². The molecule has 0 aromatic heterocycles. The second-order valence-electron chi connectivity index (χ2n) is 4.60. The summed E-state index contributed by atoms with van der Waals surface area (Å²) >= 11 is 9.06. The Morgan fingerprint density at radius 1 is 1.19 bits per heavy atom. The lowest BCUT2D eigenvalue weighted by molar-refractivity contribution is -0.114. The molecule has 0 N–H and O–H groups in total. The molecule has 6 heteroatoms. The number of carbonyl (C=O) groups excluding carboxylic acids is 2. The molecule has 3 rings (SSSR count). The van der Waals surface area contributed by atoms with Crippen molar-refractivity contribution in [3.05, 3.63) is 62.8 Å². The molecule has 0 radical (unpaired) electrons. The molecule has 2 aromatic rings. The van der Waals surface area contributed by atoms with E-state index in [1.54, 1.807) is 0 Å². The van der Waals surface area contributed by atoms with Crippen molar-refractivity contribution in [2.75, 3.05) is 4.90 Å². The van der Waals surface area contributed by atoms with E-state index in [4.69, 9.17) is 11.6 Å². The minimum Gasteiger partial charge on any atom is -0.300 e. The van der Waals surface area contributed by atoms with Crippen LogP contribution in [-0.4, -0.2) is 11.7 Å². The van der Waals surface area contributed by atoms with Crippen molar-refractivity contribution in [3.8, 4) is 0 Å². The normalized spacial score (nSPS) is 13.8. The van der Waals surface area contributed by atoms with Gasteiger partial charge in [-0.15, -0.1) is 0 Å². The van der Waals surface area contributed by atoms with Gasteiger partial charge in [0.25, 0.3) is 11.7 Å². The van der Waals surface area contributed by atoms with Crippen LogP contribution in [0, 0.1) is 5.82 Å². The first-order valence-corrected chi connectivity index (χ1v) is 7.25. The van der Waals surface area contributed by atoms with Gasteiger partial charge in [0.15, 0.2) is 0 Å². The van der Waals surface area contributed by atoms with E-state index in [1.807, 2.05) is 24.3 Å². The Balaban J connectivity index is 2.06. The average molecular weight is 369 g/mol. The summed E-state index contributed by atoms with van der Waals surface area (Å²) in [5, 5.41) is -0.169. The third kappa shape index (κ3) is 2.36. The van der Waals surface area contributed by atoms with Crippen LogP contribution in [0.3, 0.4) is 0 Å². The van der Waals surface area contributed by atoms with Crippen LogP contribution in [0.15, 0.2) is 40.9 Å². The second kappa shape index (κ2) is 5.24. The predicted molar refractivity (Wildman–Crippen MR) is 81.1 cm³/mol. The van der Waals surface area contributed by atoms with Gasteiger partial charge in [-0.05, 0) is 23.8 Å². The summed E-state index contributed by atoms with van der Waals surface area (Å²) in [5.41, 5.74) is 1.21. The van der Waals surface area contributed by atoms with Gasteiger partial charge in [-0.2, -0.15) is 0 Å². The van der Waals surface area contributed by atoms with E-state index in [9.17, 15) is 14.0 Å². The fraction of sp³-hybridized carbons (Fsp3) is 0.0667. The third-order valence-corrected chi connectivity index (χ3v) is 4.36. The Morgan fingerprint density at radius 2 is 1.90 bits per heavy atom. The summed E-state index contributed by atoms with van der Waals surface area (Å²) < 4.78 is 14.4. The maximum atomic E-state index is 13.6. The Kier molecular flexibility index (Phi) is 3.55. The molecule has 3 nitrogen and oxygen atoms in total. The lowest BCUT2D eigenvalue weighted by Gasteiger charge is -2.17. The highest BCUT2D eigenvalue weighted by Gasteiger charge is 2.36. The summed E-state index contributed by atoms with van der Waals surface area (Å²) in [7, 11) is 0. The van der Waals surface area contributed by atoms with Gasteiger partial charge in [-0.3, -0.25) is 9.59 Å². The van der Waals surface area contributed by atoms with Gasteiger partial charge in [0.1, 0.15) is 5.82 Å². The summed E-state index contributed by atoms with van der Waals surface area (Å²) in [6, 6.07) is 9.65. The monoisotopic (exact) mass is 367 g/mol. The van der Waals surface area contributed by atoms with Gasteiger partial charge in [0.05, 0.1) is 22.8 Å². The van der Waals surface area contributed by atoms with E-state index in [2.05, 4.69) is 15.9 Å². The summed E-state index contributed by atoms with van der Waals surface area (Å²) in [6.07, 6.45) is 0. The average Bonchev–Trinajstić information content (AvgIpc) is 2.67. The maximum Gasteiger partial charge on any atom is 0.299 e. The minimum absolute atomic E-state index is 0.137. The molecular weight excluding hydrogens is 361 g/mol. The number of hydrogen-bond donors (Lipinski definition) is 0. The maximum absolute atomic E-state index is 13.6. The molecule has 0 fully saturated rings. The van der Waals surface area contributed by atoms with Gasteiger partial charge in [0.2, 0.25) is 0 Å². The highest BCUT2D eigenvalue weighted by atomic mass is 79.9. The summed E-state index contributed by atoms with van der Waals surface area (Å²) in [5.74, 6) is -2.00. The van der Waals surface area contributed by atoms with Crippen LogP contribution >= 0.6 is 27.5 Å². The lowest BCUT2D eigenvalue weighted by Crippen LogP contribution is -2.29. The van der Waals surface area contributed by atoms with Crippen molar-refractivity contribution in [1.82, 2.24) is 0 Å². The largest absolute Gasteiger partial charge is 0.300 e. The fourth-order valence-electron chi connectivity index (χ4n) is 2.24. The number of amides is 1. The van der Waals surface area contributed by atoms with Crippen molar-refractivity contribution >= 4 is 44.9 Å². The van der Waals surface area contributed by atoms with Crippen LogP contribution in [-0.2, 0) is 11.3 Å². The number of anilines is 1. The van der Waals surface area contributed by atoms with Crippen molar-refractivity contribution in [1.29, 1.82) is 0 Å². The van der Waals surface area contributed by atoms with Gasteiger partial charge in [-0.25, -0.2) is 4.39 Å². The zero-order valence-electron chi connectivity index (χ0n) is 10.6. The molecule has 2 aromatic carbocycles. The van der Waals surface area contributed by atoms with Gasteiger partial charge in [-0.1, -0.05) is 45.7 Å². The van der Waals surface area contributed by atoms with Crippen LogP contribution in [0.2, 0.25) is 5.02 Å². The zero-order chi connectivity index (χ0) is 15.1. The molecule has 0 spiro atoms. The minimum atomic E-state index is -0.678. The van der Waals surface area contributed by atoms with Gasteiger partial charge < -0.3 is 4.90 Å². The van der Waals surface area contributed by atoms with Crippen LogP contribution in [0.25, 0.3) is 0 Å². The molecular formula is C15H8BrClFNO2. The van der Waals surface area contributed by atoms with Gasteiger partial charge >= 0.3 is 0 Å². The van der Waals surface area contributed by atoms with Crippen molar-refractivity contribution in [3.63, 3.8) is 0 Å². The number of fused-ring (bicyclic) bond motifs is 1. The Labute approximate surface area is 133 Å². The molecule has 106 valence electrons. The van der Waals surface area contributed by atoms with E-state index in [1.165, 1.54) is 11.0 Å². The molecule has 0 aliphatic carbocycles. The number of nitrogens with zero attached hydrogens (tertiary/aromatic N) is 1. The number of rotatable bonds is 2. The smallest absolute Gasteiger partial charge is 0.299 e. The first kappa shape index (κ1) is 14.2. The van der Waals surface area contributed by atoms with Crippen LogP contribution in [0.5, 0.6) is 0 Å². The van der Waals surface area contributed by atoms with Crippen molar-refractivity contribution < 1.29 is 14.0 Å². The number of Topliss-reactive ketones (excluding diaryl/α,β-unsaturated/α-hetero) is 1. The first-order valence-electron chi connectivity index (χ1n) is 6.07. The van der Waals surface area contributed by atoms with E-state index < -0.39 is 17.5 Å². The van der Waals surface area contributed by atoms with E-state index in [0.29, 0.717) is 0 Å². The van der Waals surface area contributed by atoms with Crippen molar-refractivity contribution in [2.45, 2.75) is 6.54 Å². The highest BCUT2D eigenvalue weighted by molar-refractivity contribution is 9.10. The molecule has 0 saturated carbocycles. The Hall–Kier alpha value is -1.72. The predicted octanol–water partition coefficient (Wildman–Crippen LogP) is 3.97. The van der Waals surface area contributed by atoms with Crippen LogP contribution in [0.4, 0.5) is 10.1 Å². The van der Waals surface area contributed by atoms with E-state index in [0.717, 1.165) is 16.1 Å². The standard InChI is InChI=1S/C15H8BrClFNO2/c16-10-4-2-1-3-8(10)7-19-13-6-12(18)11(17)5-9(13)14(20)15(19)21/h1-6H,7H2. The van der Waals surface area contributed by atoms with Crippen molar-refractivity contribution in [2.24, 2.45) is 0 Å². The molecule has 1 heterocycles.